The first kappa shape index (κ1) is 12.7. The number of nitrogens with one attached hydrogen (secondary N) is 1. The second kappa shape index (κ2) is 5.08. The average Bonchev–Trinajstić information content (AvgIpc) is 2.20. The normalized spacial score (nSPS) is 10.9. The number of methoxy groups -OCH3 is 1. The van der Waals surface area contributed by atoms with Gasteiger partial charge < -0.3 is 4.74 Å². The number of ether oxygens (including phenoxy) is 1. The molecule has 9 heteroatoms. The van der Waals surface area contributed by atoms with Crippen LogP contribution in [0.5, 0.6) is 0 Å². The largest absolute Gasteiger partial charge is 0.468 e. The van der Waals surface area contributed by atoms with Gasteiger partial charge in [-0.1, -0.05) is 11.6 Å². The van der Waals surface area contributed by atoms with Crippen LogP contribution in [-0.4, -0.2) is 37.4 Å². The van der Waals surface area contributed by atoms with Crippen molar-refractivity contribution in [2.24, 2.45) is 0 Å². The molecule has 1 aromatic rings. The Labute approximate surface area is 96.8 Å². The van der Waals surface area contributed by atoms with Crippen molar-refractivity contribution in [3.05, 3.63) is 17.3 Å². The van der Waals surface area contributed by atoms with Gasteiger partial charge in [0, 0.05) is 0 Å². The summed E-state index contributed by atoms with van der Waals surface area (Å²) >= 11 is 5.46. The van der Waals surface area contributed by atoms with Crippen molar-refractivity contribution in [1.82, 2.24) is 10.2 Å². The molecule has 0 aliphatic carbocycles. The van der Waals surface area contributed by atoms with Crippen molar-refractivity contribution in [2.75, 3.05) is 17.6 Å². The molecule has 1 aromatic heterocycles. The summed E-state index contributed by atoms with van der Waals surface area (Å²) in [5, 5.41) is 7.04. The number of rotatable bonds is 4. The highest BCUT2D eigenvalue weighted by molar-refractivity contribution is 7.93. The van der Waals surface area contributed by atoms with Crippen LogP contribution in [0.15, 0.2) is 12.1 Å². The van der Waals surface area contributed by atoms with Gasteiger partial charge in [-0.3, -0.25) is 9.52 Å². The molecule has 88 valence electrons. The zero-order chi connectivity index (χ0) is 12.2. The molecule has 0 aliphatic heterocycles. The summed E-state index contributed by atoms with van der Waals surface area (Å²) in [5.41, 5.74) is 0. The number of carbonyl (C=O) groups excluding carboxylic acids is 1. The van der Waals surface area contributed by atoms with E-state index in [-0.39, 0.29) is 11.0 Å². The van der Waals surface area contributed by atoms with E-state index >= 15 is 0 Å². The van der Waals surface area contributed by atoms with Crippen LogP contribution in [0.2, 0.25) is 5.15 Å². The summed E-state index contributed by atoms with van der Waals surface area (Å²) < 4.78 is 29.0. The zero-order valence-corrected chi connectivity index (χ0v) is 9.75. The molecule has 0 aliphatic rings. The Hall–Kier alpha value is -1.41. The van der Waals surface area contributed by atoms with Gasteiger partial charge in [0.05, 0.1) is 7.11 Å². The van der Waals surface area contributed by atoms with Crippen LogP contribution in [0.1, 0.15) is 0 Å². The number of halogens is 1. The Kier molecular flexibility index (Phi) is 4.02. The lowest BCUT2D eigenvalue weighted by molar-refractivity contribution is -0.137. The number of nitrogens with zero attached hydrogens (tertiary/aromatic N) is 2. The molecule has 0 aromatic carbocycles. The molecule has 7 nitrogen and oxygen atoms in total. The van der Waals surface area contributed by atoms with Crippen molar-refractivity contribution in [3.8, 4) is 0 Å². The lowest BCUT2D eigenvalue weighted by Crippen LogP contribution is -2.24. The third-order valence-corrected chi connectivity index (χ3v) is 2.77. The molecular weight excluding hydrogens is 258 g/mol. The minimum atomic E-state index is -3.83. The van der Waals surface area contributed by atoms with Gasteiger partial charge in [0.2, 0.25) is 10.0 Å². The number of sulfonamides is 1. The van der Waals surface area contributed by atoms with Crippen molar-refractivity contribution >= 4 is 33.4 Å². The number of carbonyl (C=O) groups is 1. The highest BCUT2D eigenvalue weighted by Crippen LogP contribution is 2.07. The molecule has 1 heterocycles. The fraction of sp³-hybridized carbons (Fsp3) is 0.286. The smallest absolute Gasteiger partial charge is 0.322 e. The monoisotopic (exact) mass is 265 g/mol. The van der Waals surface area contributed by atoms with Gasteiger partial charge in [0.15, 0.2) is 16.7 Å². The molecule has 0 bridgehead atoms. The molecule has 1 rings (SSSR count). The minimum Gasteiger partial charge on any atom is -0.468 e. The highest BCUT2D eigenvalue weighted by atomic mass is 35.5. The first-order chi connectivity index (χ1) is 7.43. The van der Waals surface area contributed by atoms with Gasteiger partial charge in [0.25, 0.3) is 0 Å². The van der Waals surface area contributed by atoms with E-state index in [1.807, 2.05) is 4.72 Å². The molecule has 0 radical (unpaired) electrons. The molecule has 0 spiro atoms. The molecule has 0 saturated carbocycles. The molecule has 0 fully saturated rings. The average molecular weight is 266 g/mol. The minimum absolute atomic E-state index is 0.0201. The Morgan fingerprint density at radius 1 is 1.50 bits per heavy atom. The van der Waals surface area contributed by atoms with Gasteiger partial charge in [-0.05, 0) is 12.1 Å². The molecule has 1 N–H and O–H groups in total. The summed E-state index contributed by atoms with van der Waals surface area (Å²) in [6.07, 6.45) is 0. The summed E-state index contributed by atoms with van der Waals surface area (Å²) in [7, 11) is -2.73. The van der Waals surface area contributed by atoms with E-state index < -0.39 is 21.7 Å². The molecule has 0 amide bonds. The van der Waals surface area contributed by atoms with E-state index in [0.29, 0.717) is 0 Å². The maximum Gasteiger partial charge on any atom is 0.322 e. The summed E-state index contributed by atoms with van der Waals surface area (Å²) in [4.78, 5) is 10.8. The Morgan fingerprint density at radius 3 is 2.69 bits per heavy atom. The van der Waals surface area contributed by atoms with E-state index in [1.165, 1.54) is 12.1 Å². The van der Waals surface area contributed by atoms with E-state index in [2.05, 4.69) is 14.9 Å². The fourth-order valence-corrected chi connectivity index (χ4v) is 1.81. The third kappa shape index (κ3) is 3.99. The van der Waals surface area contributed by atoms with Crippen LogP contribution in [0.3, 0.4) is 0 Å². The van der Waals surface area contributed by atoms with Crippen molar-refractivity contribution in [1.29, 1.82) is 0 Å². The molecule has 0 atom stereocenters. The van der Waals surface area contributed by atoms with Gasteiger partial charge in [-0.25, -0.2) is 8.42 Å². The lowest BCUT2D eigenvalue weighted by atomic mass is 10.5. The zero-order valence-electron chi connectivity index (χ0n) is 8.18. The number of hydrogen-bond donors (Lipinski definition) is 1. The maximum absolute atomic E-state index is 11.3. The topological polar surface area (TPSA) is 98.2 Å². The Bertz CT molecular complexity index is 473. The van der Waals surface area contributed by atoms with Crippen LogP contribution in [-0.2, 0) is 19.6 Å². The Balaban J connectivity index is 2.73. The van der Waals surface area contributed by atoms with Crippen molar-refractivity contribution < 1.29 is 17.9 Å². The van der Waals surface area contributed by atoms with E-state index in [9.17, 15) is 13.2 Å². The van der Waals surface area contributed by atoms with E-state index in [4.69, 9.17) is 11.6 Å². The number of anilines is 1. The lowest BCUT2D eigenvalue weighted by Gasteiger charge is -2.04. The van der Waals surface area contributed by atoms with Crippen LogP contribution in [0.25, 0.3) is 0 Å². The molecule has 0 saturated heterocycles. The number of esters is 1. The fourth-order valence-electron chi connectivity index (χ4n) is 0.780. The SMILES string of the molecule is COC(=O)CS(=O)(=O)Nc1ccc(Cl)nn1. The van der Waals surface area contributed by atoms with Crippen molar-refractivity contribution in [3.63, 3.8) is 0 Å². The van der Waals surface area contributed by atoms with Gasteiger partial charge in [-0.2, -0.15) is 0 Å². The van der Waals surface area contributed by atoms with Crippen LogP contribution < -0.4 is 4.72 Å². The summed E-state index contributed by atoms with van der Waals surface area (Å²) in [5.74, 6) is -1.67. The first-order valence-electron chi connectivity index (χ1n) is 3.99. The molecule has 0 unspecified atom stereocenters. The predicted octanol–water partition coefficient (Wildman–Crippen LogP) is 0.0447. The quantitative estimate of drug-likeness (QED) is 0.772. The molecule has 16 heavy (non-hydrogen) atoms. The van der Waals surface area contributed by atoms with Crippen molar-refractivity contribution in [2.45, 2.75) is 0 Å². The van der Waals surface area contributed by atoms with Gasteiger partial charge >= 0.3 is 5.97 Å². The second-order valence-electron chi connectivity index (χ2n) is 2.68. The first-order valence-corrected chi connectivity index (χ1v) is 6.02. The summed E-state index contributed by atoms with van der Waals surface area (Å²) in [6.45, 7) is 0. The van der Waals surface area contributed by atoms with Gasteiger partial charge in [0.1, 0.15) is 0 Å². The van der Waals surface area contributed by atoms with Crippen LogP contribution >= 0.6 is 11.6 Å². The highest BCUT2D eigenvalue weighted by Gasteiger charge is 2.17. The third-order valence-electron chi connectivity index (χ3n) is 1.43. The number of aromatic nitrogens is 2. The maximum atomic E-state index is 11.3. The van der Waals surface area contributed by atoms with E-state index in [0.717, 1.165) is 7.11 Å². The van der Waals surface area contributed by atoms with Gasteiger partial charge in [-0.15, -0.1) is 10.2 Å². The van der Waals surface area contributed by atoms with E-state index in [1.54, 1.807) is 0 Å². The Morgan fingerprint density at radius 2 is 2.19 bits per heavy atom. The number of hydrogen-bond acceptors (Lipinski definition) is 6. The standard InChI is InChI=1S/C7H8ClN3O4S/c1-15-7(12)4-16(13,14)11-6-3-2-5(8)9-10-6/h2-3H,4H2,1H3,(H,10,11). The van der Waals surface area contributed by atoms with Crippen LogP contribution in [0.4, 0.5) is 5.82 Å². The summed E-state index contributed by atoms with van der Waals surface area (Å²) in [6, 6.07) is 2.69. The molecular formula is C7H8ClN3O4S. The second-order valence-corrected chi connectivity index (χ2v) is 4.79. The van der Waals surface area contributed by atoms with Crippen LogP contribution in [0, 0.1) is 0 Å². The predicted molar refractivity (Wildman–Crippen MR) is 56.5 cm³/mol.